The highest BCUT2D eigenvalue weighted by atomic mass is 16.5. The maximum absolute atomic E-state index is 10.6. The Morgan fingerprint density at radius 2 is 2.18 bits per heavy atom. The Morgan fingerprint density at radius 3 is 2.82 bits per heavy atom. The van der Waals surface area contributed by atoms with E-state index in [9.17, 15) is 9.59 Å². The summed E-state index contributed by atoms with van der Waals surface area (Å²) in [6.07, 6.45) is -0.0249. The summed E-state index contributed by atoms with van der Waals surface area (Å²) in [4.78, 5) is 21.1. The molecule has 17 heavy (non-hydrogen) atoms. The van der Waals surface area contributed by atoms with E-state index in [2.05, 4.69) is 5.32 Å². The molecule has 0 bridgehead atoms. The number of benzene rings is 1. The van der Waals surface area contributed by atoms with Crippen molar-refractivity contribution in [3.05, 3.63) is 29.8 Å². The van der Waals surface area contributed by atoms with Gasteiger partial charge in [-0.1, -0.05) is 12.1 Å². The highest BCUT2D eigenvalue weighted by molar-refractivity contribution is 5.72. The molecule has 0 aliphatic rings. The fourth-order valence-corrected chi connectivity index (χ4v) is 1.32. The van der Waals surface area contributed by atoms with Gasteiger partial charge >= 0.3 is 5.97 Å². The summed E-state index contributed by atoms with van der Waals surface area (Å²) in [5, 5.41) is 11.2. The lowest BCUT2D eigenvalue weighted by Crippen LogP contribution is -2.25. The van der Waals surface area contributed by atoms with Crippen LogP contribution in [0, 0.1) is 0 Å². The Morgan fingerprint density at radius 1 is 1.41 bits per heavy atom. The topological polar surface area (TPSA) is 75.6 Å². The molecule has 0 saturated carbocycles. The molecule has 1 rings (SSSR count). The number of carboxylic acid groups (broad SMARTS) is 1. The molecule has 1 amide bonds. The van der Waals surface area contributed by atoms with E-state index in [0.717, 1.165) is 0 Å². The van der Waals surface area contributed by atoms with Crippen LogP contribution < -0.4 is 10.1 Å². The lowest BCUT2D eigenvalue weighted by atomic mass is 10.1. The molecule has 0 aromatic heterocycles. The van der Waals surface area contributed by atoms with Gasteiger partial charge in [0.25, 0.3) is 0 Å². The largest absolute Gasteiger partial charge is 0.492 e. The first-order valence-corrected chi connectivity index (χ1v) is 5.26. The number of nitrogens with one attached hydrogen (secondary N) is 1. The van der Waals surface area contributed by atoms with Crippen LogP contribution in [-0.4, -0.2) is 30.1 Å². The molecule has 1 aromatic rings. The lowest BCUT2D eigenvalue weighted by molar-refractivity contribution is -0.136. The average molecular weight is 237 g/mol. The molecule has 0 unspecified atom stereocenters. The number of aliphatic carboxylic acids is 1. The van der Waals surface area contributed by atoms with E-state index in [-0.39, 0.29) is 12.3 Å². The van der Waals surface area contributed by atoms with Gasteiger partial charge in [-0.05, 0) is 17.7 Å². The van der Waals surface area contributed by atoms with Gasteiger partial charge in [-0.2, -0.15) is 0 Å². The van der Waals surface area contributed by atoms with Gasteiger partial charge in [0.2, 0.25) is 5.91 Å². The molecule has 0 aliphatic heterocycles. The maximum atomic E-state index is 10.6. The number of ether oxygens (including phenoxy) is 1. The summed E-state index contributed by atoms with van der Waals surface area (Å²) in [5.74, 6) is -0.372. The van der Waals surface area contributed by atoms with Gasteiger partial charge in [-0.3, -0.25) is 9.59 Å². The zero-order chi connectivity index (χ0) is 12.7. The number of hydrogen-bond donors (Lipinski definition) is 2. The number of carboxylic acids is 1. The zero-order valence-corrected chi connectivity index (χ0v) is 9.60. The molecule has 0 spiro atoms. The summed E-state index contributed by atoms with van der Waals surface area (Å²) in [7, 11) is 0. The second-order valence-electron chi connectivity index (χ2n) is 3.55. The molecule has 2 N–H and O–H groups in total. The van der Waals surface area contributed by atoms with Crippen molar-refractivity contribution in [1.82, 2.24) is 5.32 Å². The van der Waals surface area contributed by atoms with E-state index in [0.29, 0.717) is 24.5 Å². The van der Waals surface area contributed by atoms with Crippen molar-refractivity contribution >= 4 is 11.9 Å². The smallest absolute Gasteiger partial charge is 0.307 e. The molecule has 92 valence electrons. The SMILES string of the molecule is CC(=O)NCCOc1cccc(CC(=O)O)c1. The number of amides is 1. The van der Waals surface area contributed by atoms with E-state index >= 15 is 0 Å². The monoisotopic (exact) mass is 237 g/mol. The van der Waals surface area contributed by atoms with E-state index in [4.69, 9.17) is 9.84 Å². The molecule has 5 heteroatoms. The molecule has 0 saturated heterocycles. The number of hydrogen-bond acceptors (Lipinski definition) is 3. The van der Waals surface area contributed by atoms with Gasteiger partial charge in [-0.25, -0.2) is 0 Å². The Balaban J connectivity index is 2.42. The normalized spacial score (nSPS) is 9.71. The van der Waals surface area contributed by atoms with Crippen LogP contribution in [0.4, 0.5) is 0 Å². The van der Waals surface area contributed by atoms with E-state index in [1.807, 2.05) is 0 Å². The molecule has 0 aliphatic carbocycles. The minimum Gasteiger partial charge on any atom is -0.492 e. The minimum absolute atomic E-state index is 0.0249. The molecule has 0 fully saturated rings. The summed E-state index contributed by atoms with van der Waals surface area (Å²) < 4.78 is 5.37. The van der Waals surface area contributed by atoms with Crippen molar-refractivity contribution in [2.24, 2.45) is 0 Å². The predicted molar refractivity (Wildman–Crippen MR) is 62.0 cm³/mol. The third kappa shape index (κ3) is 5.55. The lowest BCUT2D eigenvalue weighted by Gasteiger charge is -2.07. The zero-order valence-electron chi connectivity index (χ0n) is 9.60. The van der Waals surface area contributed by atoms with Crippen LogP contribution in [0.2, 0.25) is 0 Å². The summed E-state index contributed by atoms with van der Waals surface area (Å²) in [5.41, 5.74) is 0.689. The van der Waals surface area contributed by atoms with Crippen molar-refractivity contribution in [2.45, 2.75) is 13.3 Å². The van der Waals surface area contributed by atoms with Crippen LogP contribution in [0.3, 0.4) is 0 Å². The Hall–Kier alpha value is -2.04. The Labute approximate surface area is 99.4 Å². The van der Waals surface area contributed by atoms with Crippen LogP contribution >= 0.6 is 0 Å². The van der Waals surface area contributed by atoms with Crippen molar-refractivity contribution < 1.29 is 19.4 Å². The van der Waals surface area contributed by atoms with Crippen molar-refractivity contribution in [2.75, 3.05) is 13.2 Å². The predicted octanol–water partition coefficient (Wildman–Crippen LogP) is 0.829. The van der Waals surface area contributed by atoms with E-state index in [1.54, 1.807) is 24.3 Å². The van der Waals surface area contributed by atoms with Crippen LogP contribution in [0.5, 0.6) is 5.75 Å². The molecule has 0 heterocycles. The van der Waals surface area contributed by atoms with Gasteiger partial charge < -0.3 is 15.2 Å². The van der Waals surface area contributed by atoms with Crippen LogP contribution in [-0.2, 0) is 16.0 Å². The number of carbonyl (C=O) groups is 2. The summed E-state index contributed by atoms with van der Waals surface area (Å²) >= 11 is 0. The summed E-state index contributed by atoms with van der Waals surface area (Å²) in [6, 6.07) is 6.90. The van der Waals surface area contributed by atoms with Gasteiger partial charge in [0.15, 0.2) is 0 Å². The summed E-state index contributed by atoms with van der Waals surface area (Å²) in [6.45, 7) is 2.22. The highest BCUT2D eigenvalue weighted by Crippen LogP contribution is 2.13. The van der Waals surface area contributed by atoms with Crippen molar-refractivity contribution in [1.29, 1.82) is 0 Å². The Kier molecular flexibility index (Phi) is 5.00. The molecular formula is C12H15NO4. The van der Waals surface area contributed by atoms with Crippen LogP contribution in [0.15, 0.2) is 24.3 Å². The minimum atomic E-state index is -0.875. The molecule has 0 radical (unpaired) electrons. The first-order valence-electron chi connectivity index (χ1n) is 5.26. The van der Waals surface area contributed by atoms with Gasteiger partial charge in [0.05, 0.1) is 13.0 Å². The van der Waals surface area contributed by atoms with Crippen LogP contribution in [0.1, 0.15) is 12.5 Å². The maximum Gasteiger partial charge on any atom is 0.307 e. The van der Waals surface area contributed by atoms with Crippen LogP contribution in [0.25, 0.3) is 0 Å². The van der Waals surface area contributed by atoms with E-state index < -0.39 is 5.97 Å². The second-order valence-corrected chi connectivity index (χ2v) is 3.55. The third-order valence-corrected chi connectivity index (χ3v) is 2.00. The number of rotatable bonds is 6. The molecular weight excluding hydrogens is 222 g/mol. The van der Waals surface area contributed by atoms with Gasteiger partial charge in [0, 0.05) is 6.92 Å². The fourth-order valence-electron chi connectivity index (χ4n) is 1.32. The highest BCUT2D eigenvalue weighted by Gasteiger charge is 2.02. The molecule has 0 atom stereocenters. The average Bonchev–Trinajstić information content (AvgIpc) is 2.24. The third-order valence-electron chi connectivity index (χ3n) is 2.00. The Bertz CT molecular complexity index is 403. The molecule has 1 aromatic carbocycles. The first kappa shape index (κ1) is 13.0. The quantitative estimate of drug-likeness (QED) is 0.718. The van der Waals surface area contributed by atoms with Gasteiger partial charge in [0.1, 0.15) is 12.4 Å². The van der Waals surface area contributed by atoms with Gasteiger partial charge in [-0.15, -0.1) is 0 Å². The standard InChI is InChI=1S/C12H15NO4/c1-9(14)13-5-6-17-11-4-2-3-10(7-11)8-12(15)16/h2-4,7H,5-6,8H2,1H3,(H,13,14)(H,15,16). The first-order chi connectivity index (χ1) is 8.08. The van der Waals surface area contributed by atoms with E-state index in [1.165, 1.54) is 6.92 Å². The number of carbonyl (C=O) groups excluding carboxylic acids is 1. The fraction of sp³-hybridized carbons (Fsp3) is 0.333. The van der Waals surface area contributed by atoms with Crippen molar-refractivity contribution in [3.8, 4) is 5.75 Å². The van der Waals surface area contributed by atoms with Crippen molar-refractivity contribution in [3.63, 3.8) is 0 Å². The second kappa shape index (κ2) is 6.52. The molecule has 5 nitrogen and oxygen atoms in total.